The first-order valence-electron chi connectivity index (χ1n) is 8.85. The Morgan fingerprint density at radius 1 is 0.955 bits per heavy atom. The van der Waals surface area contributed by atoms with Crippen molar-refractivity contribution < 1.29 is 4.79 Å². The van der Waals surface area contributed by atoms with Crippen molar-refractivity contribution in [2.45, 2.75) is 63.2 Å². The molecule has 0 amide bonds. The normalized spacial score (nSPS) is 33.3. The summed E-state index contributed by atoms with van der Waals surface area (Å²) in [6.45, 7) is 3.46. The molecule has 3 heteroatoms. The van der Waals surface area contributed by atoms with Gasteiger partial charge in [0, 0.05) is 44.1 Å². The van der Waals surface area contributed by atoms with Crippen LogP contribution >= 0.6 is 0 Å². The number of hydrogen-bond acceptors (Lipinski definition) is 3. The minimum Gasteiger partial charge on any atom is -0.300 e. The minimum absolute atomic E-state index is 0.501. The third kappa shape index (κ3) is 2.84. The van der Waals surface area contributed by atoms with Crippen LogP contribution in [0.1, 0.15) is 44.1 Å². The van der Waals surface area contributed by atoms with Gasteiger partial charge in [0.25, 0.3) is 0 Å². The summed E-state index contributed by atoms with van der Waals surface area (Å²) in [4.78, 5) is 17.2. The van der Waals surface area contributed by atoms with E-state index in [1.54, 1.807) is 0 Å². The maximum absolute atomic E-state index is 11.8. The highest BCUT2D eigenvalue weighted by molar-refractivity contribution is 5.81. The number of nitrogens with zero attached hydrogens (tertiary/aromatic N) is 2. The van der Waals surface area contributed by atoms with Gasteiger partial charge in [-0.3, -0.25) is 14.6 Å². The lowest BCUT2D eigenvalue weighted by Gasteiger charge is -2.44. The summed E-state index contributed by atoms with van der Waals surface area (Å²) in [5.41, 5.74) is 1.42. The van der Waals surface area contributed by atoms with Crippen LogP contribution in [0.5, 0.6) is 0 Å². The van der Waals surface area contributed by atoms with Crippen molar-refractivity contribution in [2.75, 3.05) is 13.1 Å². The van der Waals surface area contributed by atoms with Crippen molar-refractivity contribution in [3.8, 4) is 0 Å². The zero-order chi connectivity index (χ0) is 14.9. The largest absolute Gasteiger partial charge is 0.300 e. The molecule has 22 heavy (non-hydrogen) atoms. The fourth-order valence-corrected chi connectivity index (χ4v) is 4.86. The third-order valence-corrected chi connectivity index (χ3v) is 5.75. The monoisotopic (exact) mass is 298 g/mol. The molecule has 3 atom stereocenters. The first-order valence-corrected chi connectivity index (χ1v) is 8.85. The van der Waals surface area contributed by atoms with Gasteiger partial charge in [-0.1, -0.05) is 30.3 Å². The standard InChI is InChI=1S/C19H26N2O/c22-19-11-16-8-9-17(12-19)21(16)18-7-4-10-20(14-18)13-15-5-2-1-3-6-15/h1-3,5-6,16-18H,4,7-14H2. The van der Waals surface area contributed by atoms with E-state index < -0.39 is 0 Å². The molecule has 3 saturated heterocycles. The number of carbonyl (C=O) groups is 1. The predicted molar refractivity (Wildman–Crippen MR) is 87.6 cm³/mol. The molecule has 0 N–H and O–H groups in total. The molecule has 3 unspecified atom stereocenters. The topological polar surface area (TPSA) is 23.6 Å². The number of benzene rings is 1. The van der Waals surface area contributed by atoms with Gasteiger partial charge in [-0.15, -0.1) is 0 Å². The maximum atomic E-state index is 11.8. The molecule has 0 saturated carbocycles. The van der Waals surface area contributed by atoms with E-state index in [1.807, 2.05) is 0 Å². The van der Waals surface area contributed by atoms with Gasteiger partial charge in [-0.25, -0.2) is 0 Å². The number of ketones is 1. The number of likely N-dealkylation sites (tertiary alicyclic amines) is 1. The number of piperidine rings is 2. The fraction of sp³-hybridized carbons (Fsp3) is 0.632. The molecule has 2 bridgehead atoms. The molecule has 4 rings (SSSR count). The van der Waals surface area contributed by atoms with Gasteiger partial charge in [0.05, 0.1) is 0 Å². The van der Waals surface area contributed by atoms with E-state index in [1.165, 1.54) is 44.3 Å². The molecule has 0 aromatic heterocycles. The number of Topliss-reactive ketones (excluding diaryl/α,β-unsaturated/α-hetero) is 1. The summed E-state index contributed by atoms with van der Waals surface area (Å²) in [6, 6.07) is 12.6. The molecule has 0 spiro atoms. The van der Waals surface area contributed by atoms with Crippen molar-refractivity contribution in [3.05, 3.63) is 35.9 Å². The van der Waals surface area contributed by atoms with E-state index in [9.17, 15) is 4.79 Å². The Balaban J connectivity index is 1.42. The Bertz CT molecular complexity index is 513. The highest BCUT2D eigenvalue weighted by Gasteiger charge is 2.44. The van der Waals surface area contributed by atoms with Crippen molar-refractivity contribution >= 4 is 5.78 Å². The van der Waals surface area contributed by atoms with Gasteiger partial charge in [0.1, 0.15) is 5.78 Å². The molecular formula is C19H26N2O. The van der Waals surface area contributed by atoms with Crippen LogP contribution in [0.15, 0.2) is 30.3 Å². The third-order valence-electron chi connectivity index (χ3n) is 5.75. The molecule has 3 nitrogen and oxygen atoms in total. The van der Waals surface area contributed by atoms with Crippen molar-refractivity contribution in [3.63, 3.8) is 0 Å². The van der Waals surface area contributed by atoms with Gasteiger partial charge in [-0.2, -0.15) is 0 Å². The van der Waals surface area contributed by atoms with Gasteiger partial charge >= 0.3 is 0 Å². The molecule has 3 fully saturated rings. The molecule has 0 aliphatic carbocycles. The number of rotatable bonds is 3. The smallest absolute Gasteiger partial charge is 0.136 e. The summed E-state index contributed by atoms with van der Waals surface area (Å²) in [5, 5.41) is 0. The van der Waals surface area contributed by atoms with E-state index >= 15 is 0 Å². The SMILES string of the molecule is O=C1CC2CCC(C1)N2C1CCCN(Cc2ccccc2)C1. The summed E-state index contributed by atoms with van der Waals surface area (Å²) in [6.07, 6.45) is 6.71. The Hall–Kier alpha value is -1.19. The maximum Gasteiger partial charge on any atom is 0.136 e. The minimum atomic E-state index is 0.501. The molecule has 3 aliphatic rings. The molecule has 0 radical (unpaired) electrons. The zero-order valence-corrected chi connectivity index (χ0v) is 13.3. The Kier molecular flexibility index (Phi) is 4.01. The fourth-order valence-electron chi connectivity index (χ4n) is 4.86. The highest BCUT2D eigenvalue weighted by atomic mass is 16.1. The summed E-state index contributed by atoms with van der Waals surface area (Å²) in [7, 11) is 0. The molecule has 118 valence electrons. The van der Waals surface area contributed by atoms with Crippen LogP contribution in [-0.2, 0) is 11.3 Å². The number of hydrogen-bond donors (Lipinski definition) is 0. The number of carbonyl (C=O) groups excluding carboxylic acids is 1. The zero-order valence-electron chi connectivity index (χ0n) is 13.3. The average molecular weight is 298 g/mol. The van der Waals surface area contributed by atoms with Crippen molar-refractivity contribution in [2.24, 2.45) is 0 Å². The van der Waals surface area contributed by atoms with Crippen LogP contribution in [-0.4, -0.2) is 46.8 Å². The molecule has 1 aromatic carbocycles. The molecular weight excluding hydrogens is 272 g/mol. The Morgan fingerprint density at radius 3 is 2.41 bits per heavy atom. The average Bonchev–Trinajstić information content (AvgIpc) is 2.80. The van der Waals surface area contributed by atoms with E-state index in [-0.39, 0.29) is 0 Å². The number of fused-ring (bicyclic) bond motifs is 2. The summed E-state index contributed by atoms with van der Waals surface area (Å²) >= 11 is 0. The Morgan fingerprint density at radius 2 is 1.68 bits per heavy atom. The summed E-state index contributed by atoms with van der Waals surface area (Å²) in [5.74, 6) is 0.501. The van der Waals surface area contributed by atoms with Gasteiger partial charge in [-0.05, 0) is 37.8 Å². The Labute approximate surface area is 133 Å². The van der Waals surface area contributed by atoms with Crippen LogP contribution in [0.2, 0.25) is 0 Å². The lowest BCUT2D eigenvalue weighted by molar-refractivity contribution is -0.125. The first kappa shape index (κ1) is 14.4. The van der Waals surface area contributed by atoms with Crippen LogP contribution in [0.3, 0.4) is 0 Å². The second-order valence-corrected chi connectivity index (χ2v) is 7.30. The van der Waals surface area contributed by atoms with Crippen LogP contribution < -0.4 is 0 Å². The second kappa shape index (κ2) is 6.13. The summed E-state index contributed by atoms with van der Waals surface area (Å²) < 4.78 is 0. The van der Waals surface area contributed by atoms with E-state index in [2.05, 4.69) is 40.1 Å². The molecule has 1 aromatic rings. The molecule has 3 heterocycles. The van der Waals surface area contributed by atoms with Gasteiger partial charge in [0.2, 0.25) is 0 Å². The molecule has 3 aliphatic heterocycles. The van der Waals surface area contributed by atoms with Crippen LogP contribution in [0.25, 0.3) is 0 Å². The van der Waals surface area contributed by atoms with E-state index in [0.29, 0.717) is 23.9 Å². The van der Waals surface area contributed by atoms with Gasteiger partial charge < -0.3 is 0 Å². The predicted octanol–water partition coefficient (Wildman–Crippen LogP) is 2.85. The van der Waals surface area contributed by atoms with Crippen molar-refractivity contribution in [1.82, 2.24) is 9.80 Å². The van der Waals surface area contributed by atoms with Crippen molar-refractivity contribution in [1.29, 1.82) is 0 Å². The quantitative estimate of drug-likeness (QED) is 0.857. The van der Waals surface area contributed by atoms with E-state index in [4.69, 9.17) is 0 Å². The van der Waals surface area contributed by atoms with E-state index in [0.717, 1.165) is 19.4 Å². The second-order valence-electron chi connectivity index (χ2n) is 7.30. The highest BCUT2D eigenvalue weighted by Crippen LogP contribution is 2.37. The lowest BCUT2D eigenvalue weighted by Crippen LogP contribution is -2.54. The van der Waals surface area contributed by atoms with Crippen LogP contribution in [0, 0.1) is 0 Å². The first-order chi connectivity index (χ1) is 10.8. The van der Waals surface area contributed by atoms with Crippen LogP contribution in [0.4, 0.5) is 0 Å². The van der Waals surface area contributed by atoms with Gasteiger partial charge in [0.15, 0.2) is 0 Å². The lowest BCUT2D eigenvalue weighted by atomic mass is 9.95.